The number of hydrogen-bond acceptors (Lipinski definition) is 4. The van der Waals surface area contributed by atoms with Crippen LogP contribution in [0, 0.1) is 0 Å². The summed E-state index contributed by atoms with van der Waals surface area (Å²) in [5.41, 5.74) is 0. The van der Waals surface area contributed by atoms with Gasteiger partial charge in [0.15, 0.2) is 0 Å². The lowest BCUT2D eigenvalue weighted by Crippen LogP contribution is -2.65. The zero-order valence-corrected chi connectivity index (χ0v) is 10.8. The number of hydrogen-bond donors (Lipinski definition) is 1. The molecule has 0 saturated carbocycles. The monoisotopic (exact) mass is 227 g/mol. The smallest absolute Gasteiger partial charge is 0.0695 e. The number of nitrogens with one attached hydrogen (secondary N) is 1. The van der Waals surface area contributed by atoms with Crippen molar-refractivity contribution in [3.05, 3.63) is 0 Å². The molecular formula is C12H25N3O. The number of piperazine rings is 1. The maximum Gasteiger partial charge on any atom is 0.0695 e. The van der Waals surface area contributed by atoms with Gasteiger partial charge in [0.1, 0.15) is 0 Å². The van der Waals surface area contributed by atoms with Crippen LogP contribution in [0.25, 0.3) is 0 Å². The Labute approximate surface area is 98.9 Å². The highest BCUT2D eigenvalue weighted by Crippen LogP contribution is 2.20. The molecule has 2 heterocycles. The Kier molecular flexibility index (Phi) is 4.19. The average molecular weight is 227 g/mol. The largest absolute Gasteiger partial charge is 0.380 e. The minimum atomic E-state index is 0.337. The minimum absolute atomic E-state index is 0.337. The van der Waals surface area contributed by atoms with Crippen molar-refractivity contribution in [3.8, 4) is 0 Å². The second-order valence-corrected chi connectivity index (χ2v) is 5.08. The number of nitrogens with zero attached hydrogens (tertiary/aromatic N) is 2. The van der Waals surface area contributed by atoms with Gasteiger partial charge in [-0.25, -0.2) is 0 Å². The summed E-state index contributed by atoms with van der Waals surface area (Å²) in [4.78, 5) is 5.15. The van der Waals surface area contributed by atoms with Crippen LogP contribution in [-0.2, 0) is 4.74 Å². The van der Waals surface area contributed by atoms with Crippen molar-refractivity contribution in [1.29, 1.82) is 0 Å². The maximum atomic E-state index is 5.38. The first-order valence-corrected chi connectivity index (χ1v) is 6.44. The van der Waals surface area contributed by atoms with Gasteiger partial charge < -0.3 is 10.1 Å². The summed E-state index contributed by atoms with van der Waals surface area (Å²) in [5, 5.41) is 3.40. The van der Waals surface area contributed by atoms with E-state index in [9.17, 15) is 0 Å². The first kappa shape index (κ1) is 12.3. The van der Waals surface area contributed by atoms with Gasteiger partial charge >= 0.3 is 0 Å². The number of methoxy groups -OCH3 is 1. The Morgan fingerprint density at radius 1 is 1.19 bits per heavy atom. The zero-order chi connectivity index (χ0) is 11.5. The lowest BCUT2D eigenvalue weighted by atomic mass is 10.0. The van der Waals surface area contributed by atoms with E-state index in [4.69, 9.17) is 4.74 Å². The van der Waals surface area contributed by atoms with Gasteiger partial charge in [0.2, 0.25) is 0 Å². The molecule has 4 heteroatoms. The highest BCUT2D eigenvalue weighted by molar-refractivity contribution is 4.93. The third kappa shape index (κ3) is 2.56. The molecule has 0 radical (unpaired) electrons. The van der Waals surface area contributed by atoms with Crippen molar-refractivity contribution in [1.82, 2.24) is 15.1 Å². The van der Waals surface area contributed by atoms with Gasteiger partial charge in [-0.15, -0.1) is 0 Å². The topological polar surface area (TPSA) is 27.7 Å². The summed E-state index contributed by atoms with van der Waals surface area (Å²) in [6.45, 7) is 11.6. The number of rotatable bonds is 4. The summed E-state index contributed by atoms with van der Waals surface area (Å²) < 4.78 is 5.38. The normalized spacial score (nSPS) is 28.7. The van der Waals surface area contributed by atoms with Gasteiger partial charge in [-0.2, -0.15) is 0 Å². The Morgan fingerprint density at radius 2 is 1.81 bits per heavy atom. The predicted octanol–water partition coefficient (Wildman–Crippen LogP) is -0.000800. The molecule has 0 aromatic heterocycles. The molecule has 0 amide bonds. The predicted molar refractivity (Wildman–Crippen MR) is 65.7 cm³/mol. The molecule has 0 spiro atoms. The second-order valence-electron chi connectivity index (χ2n) is 5.08. The molecule has 2 rings (SSSR count). The third-order valence-electron chi connectivity index (χ3n) is 4.19. The van der Waals surface area contributed by atoms with Gasteiger partial charge in [0, 0.05) is 58.5 Å². The molecule has 4 nitrogen and oxygen atoms in total. The van der Waals surface area contributed by atoms with Crippen LogP contribution in [-0.4, -0.2) is 74.4 Å². The Morgan fingerprint density at radius 3 is 2.38 bits per heavy atom. The number of likely N-dealkylation sites (tertiary alicyclic amines) is 1. The van der Waals surface area contributed by atoms with E-state index in [2.05, 4.69) is 29.0 Å². The van der Waals surface area contributed by atoms with Crippen LogP contribution >= 0.6 is 0 Å². The molecule has 0 bridgehead atoms. The van der Waals surface area contributed by atoms with Gasteiger partial charge in [-0.3, -0.25) is 9.80 Å². The molecule has 1 N–H and O–H groups in total. The lowest BCUT2D eigenvalue weighted by molar-refractivity contribution is -0.0423. The quantitative estimate of drug-likeness (QED) is 0.731. The highest BCUT2D eigenvalue weighted by Gasteiger charge is 2.36. The standard InChI is InChI=1S/C12H25N3O/c1-10(11(2)16-3)15-8-12(9-15)14-6-4-13-5-7-14/h10-13H,4-9H2,1-3H3. The van der Waals surface area contributed by atoms with Crippen LogP contribution in [0.15, 0.2) is 0 Å². The van der Waals surface area contributed by atoms with E-state index in [0.29, 0.717) is 12.1 Å². The van der Waals surface area contributed by atoms with E-state index in [1.54, 1.807) is 7.11 Å². The Bertz CT molecular complexity index is 206. The van der Waals surface area contributed by atoms with Crippen LogP contribution in [0.4, 0.5) is 0 Å². The minimum Gasteiger partial charge on any atom is -0.380 e. The molecule has 2 fully saturated rings. The van der Waals surface area contributed by atoms with Crippen molar-refractivity contribution in [2.45, 2.75) is 32.0 Å². The zero-order valence-electron chi connectivity index (χ0n) is 10.8. The van der Waals surface area contributed by atoms with Crippen LogP contribution in [0.3, 0.4) is 0 Å². The van der Waals surface area contributed by atoms with E-state index in [-0.39, 0.29) is 0 Å². The van der Waals surface area contributed by atoms with Crippen molar-refractivity contribution in [3.63, 3.8) is 0 Å². The fraction of sp³-hybridized carbons (Fsp3) is 1.00. The molecule has 16 heavy (non-hydrogen) atoms. The third-order valence-corrected chi connectivity index (χ3v) is 4.19. The Balaban J connectivity index is 1.72. The van der Waals surface area contributed by atoms with Crippen molar-refractivity contribution in [2.75, 3.05) is 46.4 Å². The SMILES string of the molecule is COC(C)C(C)N1CC(N2CCNCC2)C1. The van der Waals surface area contributed by atoms with Gasteiger partial charge in [-0.1, -0.05) is 0 Å². The summed E-state index contributed by atoms with van der Waals surface area (Å²) in [6.07, 6.45) is 0.337. The molecule has 0 aromatic rings. The van der Waals surface area contributed by atoms with Crippen LogP contribution in [0.1, 0.15) is 13.8 Å². The molecule has 2 aliphatic rings. The molecule has 2 saturated heterocycles. The van der Waals surface area contributed by atoms with Crippen LogP contribution < -0.4 is 5.32 Å². The summed E-state index contributed by atoms with van der Waals surface area (Å²) >= 11 is 0. The average Bonchev–Trinajstić information content (AvgIpc) is 2.27. The molecule has 0 aromatic carbocycles. The summed E-state index contributed by atoms with van der Waals surface area (Å²) in [6, 6.07) is 1.33. The van der Waals surface area contributed by atoms with Crippen molar-refractivity contribution >= 4 is 0 Å². The molecule has 0 aliphatic carbocycles. The summed E-state index contributed by atoms with van der Waals surface area (Å²) in [7, 11) is 1.80. The molecular weight excluding hydrogens is 202 g/mol. The Hall–Kier alpha value is -0.160. The highest BCUT2D eigenvalue weighted by atomic mass is 16.5. The molecule has 2 atom stereocenters. The lowest BCUT2D eigenvalue weighted by Gasteiger charge is -2.50. The molecule has 94 valence electrons. The van der Waals surface area contributed by atoms with Gasteiger partial charge in [0.25, 0.3) is 0 Å². The second kappa shape index (κ2) is 5.45. The van der Waals surface area contributed by atoms with Gasteiger partial charge in [-0.05, 0) is 13.8 Å². The fourth-order valence-corrected chi connectivity index (χ4v) is 2.59. The fourth-order valence-electron chi connectivity index (χ4n) is 2.59. The molecule has 2 unspecified atom stereocenters. The number of ether oxygens (including phenoxy) is 1. The first-order chi connectivity index (χ1) is 7.72. The molecule has 2 aliphatic heterocycles. The van der Waals surface area contributed by atoms with Crippen LogP contribution in [0.2, 0.25) is 0 Å². The van der Waals surface area contributed by atoms with Crippen molar-refractivity contribution < 1.29 is 4.74 Å². The van der Waals surface area contributed by atoms with Crippen molar-refractivity contribution in [2.24, 2.45) is 0 Å². The van der Waals surface area contributed by atoms with E-state index in [0.717, 1.165) is 19.1 Å². The van der Waals surface area contributed by atoms with E-state index < -0.39 is 0 Å². The van der Waals surface area contributed by atoms with E-state index in [1.807, 2.05) is 0 Å². The van der Waals surface area contributed by atoms with Gasteiger partial charge in [0.05, 0.1) is 6.10 Å². The van der Waals surface area contributed by atoms with Crippen LogP contribution in [0.5, 0.6) is 0 Å². The van der Waals surface area contributed by atoms with E-state index >= 15 is 0 Å². The van der Waals surface area contributed by atoms with E-state index in [1.165, 1.54) is 26.2 Å². The maximum absolute atomic E-state index is 5.38. The summed E-state index contributed by atoms with van der Waals surface area (Å²) in [5.74, 6) is 0. The first-order valence-electron chi connectivity index (χ1n) is 6.44.